The lowest BCUT2D eigenvalue weighted by Gasteiger charge is -2.16. The molecule has 100 valence electrons. The van der Waals surface area contributed by atoms with Gasteiger partial charge in [-0.3, -0.25) is 14.3 Å². The quantitative estimate of drug-likeness (QED) is 0.808. The van der Waals surface area contributed by atoms with Gasteiger partial charge in [0.15, 0.2) is 0 Å². The van der Waals surface area contributed by atoms with Crippen molar-refractivity contribution in [3.63, 3.8) is 0 Å². The van der Waals surface area contributed by atoms with E-state index in [4.69, 9.17) is 4.74 Å². The van der Waals surface area contributed by atoms with Crippen molar-refractivity contribution in [1.29, 1.82) is 0 Å². The Bertz CT molecular complexity index is 633. The van der Waals surface area contributed by atoms with Gasteiger partial charge in [0, 0.05) is 12.3 Å². The van der Waals surface area contributed by atoms with Crippen molar-refractivity contribution >= 4 is 0 Å². The van der Waals surface area contributed by atoms with Gasteiger partial charge in [-0.05, 0) is 5.56 Å². The minimum absolute atomic E-state index is 0.0459. The first-order valence-electron chi connectivity index (χ1n) is 5.78. The number of benzene rings is 1. The van der Waals surface area contributed by atoms with Gasteiger partial charge in [-0.1, -0.05) is 30.3 Å². The summed E-state index contributed by atoms with van der Waals surface area (Å²) in [5.74, 6) is 0. The van der Waals surface area contributed by atoms with Crippen molar-refractivity contribution in [3.05, 3.63) is 69.0 Å². The summed E-state index contributed by atoms with van der Waals surface area (Å²) < 4.78 is 6.69. The lowest BCUT2D eigenvalue weighted by Crippen LogP contribution is -2.30. The van der Waals surface area contributed by atoms with Crippen LogP contribution in [0.15, 0.2) is 52.2 Å². The van der Waals surface area contributed by atoms with Gasteiger partial charge in [0.2, 0.25) is 0 Å². The number of nitrogens with one attached hydrogen (secondary N) is 1. The normalized spacial score (nSPS) is 12.3. The fraction of sp³-hybridized carbons (Fsp3) is 0.231. The van der Waals surface area contributed by atoms with Crippen LogP contribution in [0.25, 0.3) is 0 Å². The topological polar surface area (TPSA) is 84.3 Å². The zero-order valence-electron chi connectivity index (χ0n) is 10.2. The van der Waals surface area contributed by atoms with E-state index in [9.17, 15) is 14.7 Å². The van der Waals surface area contributed by atoms with E-state index in [1.807, 2.05) is 30.3 Å². The first-order chi connectivity index (χ1) is 9.20. The summed E-state index contributed by atoms with van der Waals surface area (Å²) in [5, 5.41) is 9.30. The Kier molecular flexibility index (Phi) is 4.27. The second-order valence-electron chi connectivity index (χ2n) is 3.96. The average molecular weight is 262 g/mol. The lowest BCUT2D eigenvalue weighted by molar-refractivity contribution is -0.0272. The van der Waals surface area contributed by atoms with Crippen LogP contribution in [-0.2, 0) is 11.5 Å². The third-order valence-electron chi connectivity index (χ3n) is 2.65. The maximum absolute atomic E-state index is 11.4. The fourth-order valence-corrected chi connectivity index (χ4v) is 1.64. The van der Waals surface area contributed by atoms with Crippen LogP contribution < -0.4 is 11.2 Å². The van der Waals surface area contributed by atoms with Crippen LogP contribution in [0.1, 0.15) is 11.7 Å². The predicted molar refractivity (Wildman–Crippen MR) is 68.7 cm³/mol. The molecule has 2 rings (SSSR count). The molecule has 0 saturated heterocycles. The summed E-state index contributed by atoms with van der Waals surface area (Å²) >= 11 is 0. The summed E-state index contributed by atoms with van der Waals surface area (Å²) in [6, 6.07) is 10.4. The molecule has 0 saturated carbocycles. The number of ether oxygens (including phenoxy) is 1. The van der Waals surface area contributed by atoms with Gasteiger partial charge in [0.25, 0.3) is 5.56 Å². The van der Waals surface area contributed by atoms with Gasteiger partial charge in [0.05, 0.1) is 6.61 Å². The number of H-pyrrole nitrogens is 1. The highest BCUT2D eigenvalue weighted by atomic mass is 16.5. The summed E-state index contributed by atoms with van der Waals surface area (Å²) in [7, 11) is 0. The summed E-state index contributed by atoms with van der Waals surface area (Å²) in [4.78, 5) is 24.5. The zero-order valence-corrected chi connectivity index (χ0v) is 10.2. The standard InChI is InChI=1S/C13H14N2O4/c16-8-11(10-4-2-1-3-5-10)19-9-15-7-6-12(17)14-13(15)18/h1-7,11,16H,8-9H2,(H,14,17,18). The molecule has 6 nitrogen and oxygen atoms in total. The van der Waals surface area contributed by atoms with Crippen molar-refractivity contribution in [2.75, 3.05) is 6.61 Å². The van der Waals surface area contributed by atoms with Crippen molar-refractivity contribution in [2.45, 2.75) is 12.8 Å². The first-order valence-corrected chi connectivity index (χ1v) is 5.78. The Morgan fingerprint density at radius 1 is 1.21 bits per heavy atom. The number of aliphatic hydroxyl groups is 1. The molecule has 1 aromatic carbocycles. The van der Waals surface area contributed by atoms with E-state index in [2.05, 4.69) is 4.98 Å². The molecule has 0 radical (unpaired) electrons. The molecule has 19 heavy (non-hydrogen) atoms. The molecule has 0 aliphatic heterocycles. The van der Waals surface area contributed by atoms with Crippen molar-refractivity contribution in [1.82, 2.24) is 9.55 Å². The highest BCUT2D eigenvalue weighted by Crippen LogP contribution is 2.16. The number of aliphatic hydroxyl groups excluding tert-OH is 1. The molecule has 6 heteroatoms. The SMILES string of the molecule is O=c1ccn(COC(CO)c2ccccc2)c(=O)[nH]1. The van der Waals surface area contributed by atoms with Gasteiger partial charge in [-0.25, -0.2) is 4.79 Å². The Labute approximate surface area is 108 Å². The predicted octanol–water partition coefficient (Wildman–Crippen LogP) is 0.244. The Hall–Kier alpha value is -2.18. The van der Waals surface area contributed by atoms with E-state index in [0.29, 0.717) is 0 Å². The van der Waals surface area contributed by atoms with E-state index in [0.717, 1.165) is 5.56 Å². The fourth-order valence-electron chi connectivity index (χ4n) is 1.64. The Morgan fingerprint density at radius 3 is 2.58 bits per heavy atom. The van der Waals surface area contributed by atoms with Crippen LogP contribution in [0.5, 0.6) is 0 Å². The third-order valence-corrected chi connectivity index (χ3v) is 2.65. The summed E-state index contributed by atoms with van der Waals surface area (Å²) in [6.45, 7) is -0.238. The van der Waals surface area contributed by atoms with Crippen LogP contribution >= 0.6 is 0 Å². The van der Waals surface area contributed by atoms with Gasteiger partial charge in [0.1, 0.15) is 12.8 Å². The molecule has 2 aromatic rings. The van der Waals surface area contributed by atoms with Gasteiger partial charge in [-0.2, -0.15) is 0 Å². The van der Waals surface area contributed by atoms with E-state index < -0.39 is 17.4 Å². The number of rotatable bonds is 5. The van der Waals surface area contributed by atoms with E-state index in [1.54, 1.807) is 0 Å². The molecule has 0 aliphatic rings. The Balaban J connectivity index is 2.08. The Morgan fingerprint density at radius 2 is 1.95 bits per heavy atom. The molecular weight excluding hydrogens is 248 g/mol. The number of hydrogen-bond acceptors (Lipinski definition) is 4. The second-order valence-corrected chi connectivity index (χ2v) is 3.96. The van der Waals surface area contributed by atoms with Gasteiger partial charge >= 0.3 is 5.69 Å². The summed E-state index contributed by atoms with van der Waals surface area (Å²) in [5.41, 5.74) is -0.178. The van der Waals surface area contributed by atoms with E-state index in [-0.39, 0.29) is 13.3 Å². The van der Waals surface area contributed by atoms with Crippen LogP contribution in [0.4, 0.5) is 0 Å². The molecule has 0 spiro atoms. The highest BCUT2D eigenvalue weighted by Gasteiger charge is 2.10. The maximum Gasteiger partial charge on any atom is 0.330 e. The maximum atomic E-state index is 11.4. The largest absolute Gasteiger partial charge is 0.393 e. The molecule has 0 amide bonds. The second kappa shape index (κ2) is 6.12. The van der Waals surface area contributed by atoms with Crippen LogP contribution in [0.2, 0.25) is 0 Å². The molecule has 0 aliphatic carbocycles. The van der Waals surface area contributed by atoms with Crippen LogP contribution in [0.3, 0.4) is 0 Å². The van der Waals surface area contributed by atoms with Crippen LogP contribution in [-0.4, -0.2) is 21.3 Å². The number of aromatic amines is 1. The molecule has 1 atom stereocenters. The zero-order chi connectivity index (χ0) is 13.7. The van der Waals surface area contributed by atoms with E-state index in [1.165, 1.54) is 16.8 Å². The number of hydrogen-bond donors (Lipinski definition) is 2. The molecule has 1 aromatic heterocycles. The average Bonchev–Trinajstić information content (AvgIpc) is 2.43. The highest BCUT2D eigenvalue weighted by molar-refractivity contribution is 5.17. The minimum atomic E-state index is -0.544. The monoisotopic (exact) mass is 262 g/mol. The molecule has 2 N–H and O–H groups in total. The van der Waals surface area contributed by atoms with Crippen molar-refractivity contribution in [3.8, 4) is 0 Å². The smallest absolute Gasteiger partial charge is 0.330 e. The third kappa shape index (κ3) is 3.40. The molecule has 0 bridgehead atoms. The lowest BCUT2D eigenvalue weighted by atomic mass is 10.1. The molecule has 1 unspecified atom stereocenters. The van der Waals surface area contributed by atoms with Crippen molar-refractivity contribution < 1.29 is 9.84 Å². The first kappa shape index (κ1) is 13.3. The van der Waals surface area contributed by atoms with E-state index >= 15 is 0 Å². The molecule has 1 heterocycles. The number of aromatic nitrogens is 2. The van der Waals surface area contributed by atoms with Crippen LogP contribution in [0, 0.1) is 0 Å². The molecular formula is C13H14N2O4. The number of nitrogens with zero attached hydrogens (tertiary/aromatic N) is 1. The summed E-state index contributed by atoms with van der Waals surface area (Å²) in [6.07, 6.45) is 0.834. The van der Waals surface area contributed by atoms with Gasteiger partial charge < -0.3 is 9.84 Å². The molecule has 0 fully saturated rings. The minimum Gasteiger partial charge on any atom is -0.393 e. The van der Waals surface area contributed by atoms with Gasteiger partial charge in [-0.15, -0.1) is 0 Å². The van der Waals surface area contributed by atoms with Crippen molar-refractivity contribution in [2.24, 2.45) is 0 Å².